The summed E-state index contributed by atoms with van der Waals surface area (Å²) in [6, 6.07) is 10.6. The lowest BCUT2D eigenvalue weighted by Crippen LogP contribution is -2.42. The molecule has 0 saturated carbocycles. The topological polar surface area (TPSA) is 60.2 Å². The van der Waals surface area contributed by atoms with Gasteiger partial charge in [-0.3, -0.25) is 4.79 Å². The van der Waals surface area contributed by atoms with Crippen molar-refractivity contribution < 1.29 is 9.53 Å². The lowest BCUT2D eigenvalue weighted by Gasteiger charge is -2.28. The van der Waals surface area contributed by atoms with Gasteiger partial charge in [-0.25, -0.2) is 0 Å². The second kappa shape index (κ2) is 6.36. The van der Waals surface area contributed by atoms with Crippen LogP contribution >= 0.6 is 0 Å². The van der Waals surface area contributed by atoms with Gasteiger partial charge in [0.25, 0.3) is 0 Å². The van der Waals surface area contributed by atoms with Gasteiger partial charge in [0.2, 0.25) is 5.91 Å². The van der Waals surface area contributed by atoms with Gasteiger partial charge >= 0.3 is 0 Å². The van der Waals surface area contributed by atoms with Crippen LogP contribution in [0.5, 0.6) is 0 Å². The zero-order valence-corrected chi connectivity index (χ0v) is 13.9. The van der Waals surface area contributed by atoms with Crippen molar-refractivity contribution in [3.63, 3.8) is 0 Å². The molecule has 1 aromatic heterocycles. The van der Waals surface area contributed by atoms with Gasteiger partial charge in [-0.15, -0.1) is 10.2 Å². The molecular weight excluding hydrogens is 304 g/mol. The summed E-state index contributed by atoms with van der Waals surface area (Å²) >= 11 is 0. The number of ether oxygens (including phenoxy) is 1. The van der Waals surface area contributed by atoms with Crippen LogP contribution in [0.2, 0.25) is 0 Å². The van der Waals surface area contributed by atoms with Crippen molar-refractivity contribution in [3.8, 4) is 11.4 Å². The molecule has 0 unspecified atom stereocenters. The standard InChI is InChI=1S/C18H22N4O2/c1-24-10-9-17(23)22-14-7-8-15(22)12-21-16(11-14)19-20-18(21)13-5-3-2-4-6-13/h2-6,14-15H,7-12H2,1H3/t14-,15+/m0/s1. The van der Waals surface area contributed by atoms with Gasteiger partial charge in [0, 0.05) is 31.7 Å². The quantitative estimate of drug-likeness (QED) is 0.861. The number of hydrogen-bond acceptors (Lipinski definition) is 4. The summed E-state index contributed by atoms with van der Waals surface area (Å²) in [6.07, 6.45) is 3.34. The van der Waals surface area contributed by atoms with Crippen molar-refractivity contribution >= 4 is 5.91 Å². The van der Waals surface area contributed by atoms with Crippen molar-refractivity contribution in [1.29, 1.82) is 0 Å². The Morgan fingerprint density at radius 1 is 1.21 bits per heavy atom. The molecule has 0 aliphatic carbocycles. The maximum Gasteiger partial charge on any atom is 0.225 e. The molecule has 2 aliphatic rings. The van der Waals surface area contributed by atoms with Crippen molar-refractivity contribution in [2.45, 2.75) is 44.3 Å². The van der Waals surface area contributed by atoms with Crippen LogP contribution in [0.3, 0.4) is 0 Å². The number of fused-ring (bicyclic) bond motifs is 3. The number of hydrogen-bond donors (Lipinski definition) is 0. The Labute approximate surface area is 141 Å². The van der Waals surface area contributed by atoms with E-state index in [0.717, 1.165) is 43.0 Å². The van der Waals surface area contributed by atoms with E-state index in [0.29, 0.717) is 13.0 Å². The molecule has 0 spiro atoms. The number of nitrogens with zero attached hydrogens (tertiary/aromatic N) is 4. The Morgan fingerprint density at radius 2 is 2.00 bits per heavy atom. The van der Waals surface area contributed by atoms with E-state index in [9.17, 15) is 4.79 Å². The number of amides is 1. The summed E-state index contributed by atoms with van der Waals surface area (Å²) in [4.78, 5) is 14.7. The maximum atomic E-state index is 12.6. The summed E-state index contributed by atoms with van der Waals surface area (Å²) in [5.41, 5.74) is 1.08. The zero-order valence-electron chi connectivity index (χ0n) is 13.9. The van der Waals surface area contributed by atoms with Crippen molar-refractivity contribution in [2.24, 2.45) is 0 Å². The Bertz CT molecular complexity index is 728. The Kier molecular flexibility index (Phi) is 4.06. The molecule has 0 N–H and O–H groups in total. The highest BCUT2D eigenvalue weighted by Gasteiger charge is 2.40. The fourth-order valence-electron chi connectivity index (χ4n) is 3.97. The minimum atomic E-state index is 0.198. The van der Waals surface area contributed by atoms with Crippen LogP contribution in [0.4, 0.5) is 0 Å². The molecule has 1 aromatic carbocycles. The van der Waals surface area contributed by atoms with Crippen LogP contribution in [0.25, 0.3) is 11.4 Å². The van der Waals surface area contributed by atoms with E-state index in [1.165, 1.54) is 0 Å². The molecule has 24 heavy (non-hydrogen) atoms. The maximum absolute atomic E-state index is 12.6. The van der Waals surface area contributed by atoms with Crippen LogP contribution < -0.4 is 0 Å². The second-order valence-electron chi connectivity index (χ2n) is 6.55. The Hall–Kier alpha value is -2.21. The van der Waals surface area contributed by atoms with Crippen LogP contribution in [0.1, 0.15) is 25.1 Å². The number of rotatable bonds is 4. The summed E-state index contributed by atoms with van der Waals surface area (Å²) in [6.45, 7) is 1.26. The highest BCUT2D eigenvalue weighted by molar-refractivity contribution is 5.77. The molecule has 0 radical (unpaired) electrons. The number of aromatic nitrogens is 3. The molecule has 3 heterocycles. The van der Waals surface area contributed by atoms with E-state index in [2.05, 4.69) is 31.8 Å². The molecule has 4 rings (SSSR count). The predicted molar refractivity (Wildman–Crippen MR) is 89.3 cm³/mol. The monoisotopic (exact) mass is 326 g/mol. The molecule has 2 bridgehead atoms. The lowest BCUT2D eigenvalue weighted by molar-refractivity contribution is -0.135. The first-order chi connectivity index (χ1) is 11.8. The highest BCUT2D eigenvalue weighted by atomic mass is 16.5. The number of benzene rings is 1. The predicted octanol–water partition coefficient (Wildman–Crippen LogP) is 1.90. The first kappa shape index (κ1) is 15.3. The van der Waals surface area contributed by atoms with Crippen LogP contribution in [0, 0.1) is 0 Å². The molecule has 1 amide bonds. The first-order valence-corrected chi connectivity index (χ1v) is 8.55. The second-order valence-corrected chi connectivity index (χ2v) is 6.55. The summed E-state index contributed by atoms with van der Waals surface area (Å²) in [5.74, 6) is 2.09. The third-order valence-corrected chi connectivity index (χ3v) is 5.10. The van der Waals surface area contributed by atoms with Crippen LogP contribution in [-0.4, -0.2) is 51.4 Å². The largest absolute Gasteiger partial charge is 0.384 e. The van der Waals surface area contributed by atoms with E-state index >= 15 is 0 Å². The highest BCUT2D eigenvalue weighted by Crippen LogP contribution is 2.33. The fourth-order valence-corrected chi connectivity index (χ4v) is 3.97. The molecule has 2 aliphatic heterocycles. The smallest absolute Gasteiger partial charge is 0.225 e. The molecule has 1 saturated heterocycles. The minimum absolute atomic E-state index is 0.198. The van der Waals surface area contributed by atoms with Gasteiger partial charge in [0.15, 0.2) is 5.82 Å². The molecular formula is C18H22N4O2. The average molecular weight is 326 g/mol. The SMILES string of the molecule is COCCC(=O)N1[C@@H]2CC[C@H]1Cc1nnc(-c3ccccc3)n1C2. The molecule has 1 fully saturated rings. The molecule has 6 nitrogen and oxygen atoms in total. The van der Waals surface area contributed by atoms with Crippen molar-refractivity contribution in [1.82, 2.24) is 19.7 Å². The Morgan fingerprint density at radius 3 is 2.79 bits per heavy atom. The van der Waals surface area contributed by atoms with Gasteiger partial charge in [-0.2, -0.15) is 0 Å². The van der Waals surface area contributed by atoms with Gasteiger partial charge < -0.3 is 14.2 Å². The average Bonchev–Trinajstić information content (AvgIpc) is 3.13. The fraction of sp³-hybridized carbons (Fsp3) is 0.500. The molecule has 6 heteroatoms. The number of carbonyl (C=O) groups excluding carboxylic acids is 1. The van der Waals surface area contributed by atoms with E-state index in [-0.39, 0.29) is 18.0 Å². The number of methoxy groups -OCH3 is 1. The zero-order chi connectivity index (χ0) is 16.5. The molecule has 126 valence electrons. The normalized spacial score (nSPS) is 22.3. The van der Waals surface area contributed by atoms with Gasteiger partial charge in [0.1, 0.15) is 5.82 Å². The van der Waals surface area contributed by atoms with Gasteiger partial charge in [-0.1, -0.05) is 30.3 Å². The van der Waals surface area contributed by atoms with E-state index in [4.69, 9.17) is 4.74 Å². The lowest BCUT2D eigenvalue weighted by atomic mass is 10.1. The third-order valence-electron chi connectivity index (χ3n) is 5.10. The molecule has 2 aromatic rings. The van der Waals surface area contributed by atoms with Crippen LogP contribution in [0.15, 0.2) is 30.3 Å². The van der Waals surface area contributed by atoms with E-state index in [1.54, 1.807) is 7.11 Å². The third kappa shape index (κ3) is 2.60. The minimum Gasteiger partial charge on any atom is -0.384 e. The summed E-state index contributed by atoms with van der Waals surface area (Å²) in [7, 11) is 1.64. The van der Waals surface area contributed by atoms with Crippen LogP contribution in [-0.2, 0) is 22.5 Å². The van der Waals surface area contributed by atoms with E-state index < -0.39 is 0 Å². The van der Waals surface area contributed by atoms with Gasteiger partial charge in [-0.05, 0) is 12.8 Å². The summed E-state index contributed by atoms with van der Waals surface area (Å²) in [5, 5.41) is 8.83. The van der Waals surface area contributed by atoms with Gasteiger partial charge in [0.05, 0.1) is 19.1 Å². The van der Waals surface area contributed by atoms with Crippen molar-refractivity contribution in [2.75, 3.05) is 13.7 Å². The summed E-state index contributed by atoms with van der Waals surface area (Å²) < 4.78 is 7.28. The first-order valence-electron chi connectivity index (χ1n) is 8.55. The number of carbonyl (C=O) groups is 1. The molecule has 2 atom stereocenters. The van der Waals surface area contributed by atoms with Crippen molar-refractivity contribution in [3.05, 3.63) is 36.2 Å². The van der Waals surface area contributed by atoms with E-state index in [1.807, 2.05) is 18.2 Å². The Balaban J connectivity index is 1.63.